The highest BCUT2D eigenvalue weighted by molar-refractivity contribution is 7.22. The molecule has 2 N–H and O–H groups in total. The number of methoxy groups -OCH3 is 1. The first-order valence-electron chi connectivity index (χ1n) is 6.06. The van der Waals surface area contributed by atoms with Crippen molar-refractivity contribution in [2.45, 2.75) is 0 Å². The molecule has 2 aromatic heterocycles. The summed E-state index contributed by atoms with van der Waals surface area (Å²) in [4.78, 5) is 19.1. The lowest BCUT2D eigenvalue weighted by molar-refractivity contribution is 0.0690. The summed E-state index contributed by atoms with van der Waals surface area (Å²) in [6.45, 7) is 0. The van der Waals surface area contributed by atoms with E-state index in [4.69, 9.17) is 9.84 Å². The second-order valence-electron chi connectivity index (χ2n) is 4.21. The first-order chi connectivity index (χ1) is 10.2. The van der Waals surface area contributed by atoms with E-state index in [-0.39, 0.29) is 5.69 Å². The Morgan fingerprint density at radius 1 is 1.33 bits per heavy atom. The fraction of sp³-hybridized carbons (Fsp3) is 0.0714. The molecule has 0 saturated heterocycles. The zero-order valence-electron chi connectivity index (χ0n) is 11.0. The second-order valence-corrected chi connectivity index (χ2v) is 5.24. The minimum Gasteiger partial charge on any atom is -0.497 e. The lowest BCUT2D eigenvalue weighted by Crippen LogP contribution is -2.00. The van der Waals surface area contributed by atoms with Crippen LogP contribution in [0.1, 0.15) is 10.5 Å². The summed E-state index contributed by atoms with van der Waals surface area (Å²) in [6, 6.07) is 8.80. The van der Waals surface area contributed by atoms with Gasteiger partial charge in [0.25, 0.3) is 0 Å². The van der Waals surface area contributed by atoms with Gasteiger partial charge < -0.3 is 15.2 Å². The number of pyridine rings is 1. The van der Waals surface area contributed by atoms with Gasteiger partial charge in [-0.05, 0) is 30.3 Å². The van der Waals surface area contributed by atoms with Crippen molar-refractivity contribution in [2.75, 3.05) is 12.4 Å². The summed E-state index contributed by atoms with van der Waals surface area (Å²) in [5, 5.41) is 12.7. The third-order valence-electron chi connectivity index (χ3n) is 2.83. The average molecular weight is 301 g/mol. The Hall–Kier alpha value is -2.67. The van der Waals surface area contributed by atoms with Crippen molar-refractivity contribution >= 4 is 38.3 Å². The monoisotopic (exact) mass is 301 g/mol. The van der Waals surface area contributed by atoms with Gasteiger partial charge in [0.1, 0.15) is 11.4 Å². The highest BCUT2D eigenvalue weighted by Gasteiger charge is 2.08. The lowest BCUT2D eigenvalue weighted by atomic mass is 10.3. The maximum Gasteiger partial charge on any atom is 0.354 e. The van der Waals surface area contributed by atoms with Gasteiger partial charge in [-0.15, -0.1) is 0 Å². The molecule has 0 spiro atoms. The number of nitrogens with one attached hydrogen (secondary N) is 1. The van der Waals surface area contributed by atoms with E-state index in [0.717, 1.165) is 16.0 Å². The Labute approximate surface area is 124 Å². The number of aromatic nitrogens is 2. The molecule has 0 aliphatic rings. The molecule has 7 heteroatoms. The van der Waals surface area contributed by atoms with Crippen LogP contribution in [-0.4, -0.2) is 28.2 Å². The summed E-state index contributed by atoms with van der Waals surface area (Å²) in [7, 11) is 1.62. The van der Waals surface area contributed by atoms with E-state index in [9.17, 15) is 4.79 Å². The predicted octanol–water partition coefficient (Wildman–Crippen LogP) is 3.14. The molecular formula is C14H11N3O3S. The topological polar surface area (TPSA) is 84.3 Å². The first kappa shape index (κ1) is 13.3. The van der Waals surface area contributed by atoms with Gasteiger partial charge in [0.2, 0.25) is 0 Å². The largest absolute Gasteiger partial charge is 0.497 e. The summed E-state index contributed by atoms with van der Waals surface area (Å²) in [5.74, 6) is -0.289. The minimum atomic E-state index is -1.06. The number of fused-ring (bicyclic) bond motifs is 1. The van der Waals surface area contributed by atoms with Gasteiger partial charge >= 0.3 is 5.97 Å². The average Bonchev–Trinajstić information content (AvgIpc) is 2.88. The molecule has 0 unspecified atom stereocenters. The van der Waals surface area contributed by atoms with Crippen LogP contribution >= 0.6 is 11.3 Å². The first-order valence-corrected chi connectivity index (χ1v) is 6.88. The summed E-state index contributed by atoms with van der Waals surface area (Å²) in [5.41, 5.74) is 1.48. The van der Waals surface area contributed by atoms with Crippen LogP contribution in [0.25, 0.3) is 10.2 Å². The molecule has 2 heterocycles. The molecule has 0 radical (unpaired) electrons. The Morgan fingerprint density at radius 3 is 2.95 bits per heavy atom. The van der Waals surface area contributed by atoms with Gasteiger partial charge in [0, 0.05) is 11.9 Å². The van der Waals surface area contributed by atoms with E-state index >= 15 is 0 Å². The van der Waals surface area contributed by atoms with Crippen LogP contribution < -0.4 is 10.1 Å². The maximum absolute atomic E-state index is 10.9. The molecule has 0 aliphatic carbocycles. The van der Waals surface area contributed by atoms with Gasteiger partial charge in [-0.25, -0.2) is 14.8 Å². The van der Waals surface area contributed by atoms with Crippen molar-refractivity contribution in [2.24, 2.45) is 0 Å². The number of benzene rings is 1. The molecule has 0 fully saturated rings. The van der Waals surface area contributed by atoms with E-state index < -0.39 is 5.97 Å². The van der Waals surface area contributed by atoms with Gasteiger partial charge in [0.05, 0.1) is 17.3 Å². The Kier molecular flexibility index (Phi) is 3.41. The zero-order chi connectivity index (χ0) is 14.8. The number of carbonyl (C=O) groups is 1. The molecule has 0 atom stereocenters. The van der Waals surface area contributed by atoms with Crippen LogP contribution in [0.15, 0.2) is 36.5 Å². The molecule has 3 rings (SSSR count). The zero-order valence-corrected chi connectivity index (χ0v) is 11.8. The van der Waals surface area contributed by atoms with Crippen LogP contribution in [0.2, 0.25) is 0 Å². The maximum atomic E-state index is 10.9. The van der Waals surface area contributed by atoms with Crippen LogP contribution in [0, 0.1) is 0 Å². The number of anilines is 2. The minimum absolute atomic E-state index is 0.0113. The molecule has 21 heavy (non-hydrogen) atoms. The van der Waals surface area contributed by atoms with Crippen LogP contribution in [0.3, 0.4) is 0 Å². The molecule has 0 saturated carbocycles. The highest BCUT2D eigenvalue weighted by Crippen LogP contribution is 2.30. The molecule has 1 aromatic carbocycles. The van der Waals surface area contributed by atoms with Crippen molar-refractivity contribution in [3.63, 3.8) is 0 Å². The molecular weight excluding hydrogens is 290 g/mol. The highest BCUT2D eigenvalue weighted by atomic mass is 32.1. The van der Waals surface area contributed by atoms with Crippen molar-refractivity contribution in [3.05, 3.63) is 42.2 Å². The molecule has 3 aromatic rings. The third-order valence-corrected chi connectivity index (χ3v) is 3.76. The van der Waals surface area contributed by atoms with Crippen molar-refractivity contribution in [3.8, 4) is 5.75 Å². The van der Waals surface area contributed by atoms with Crippen LogP contribution in [0.4, 0.5) is 10.8 Å². The van der Waals surface area contributed by atoms with E-state index in [1.54, 1.807) is 13.2 Å². The molecule has 0 amide bonds. The van der Waals surface area contributed by atoms with Gasteiger partial charge in [-0.2, -0.15) is 0 Å². The fourth-order valence-corrected chi connectivity index (χ4v) is 2.75. The normalized spacial score (nSPS) is 10.5. The number of thiazole rings is 1. The summed E-state index contributed by atoms with van der Waals surface area (Å²) >= 11 is 1.47. The van der Waals surface area contributed by atoms with Crippen molar-refractivity contribution in [1.29, 1.82) is 0 Å². The predicted molar refractivity (Wildman–Crippen MR) is 80.7 cm³/mol. The van der Waals surface area contributed by atoms with E-state index in [1.165, 1.54) is 23.6 Å². The Balaban J connectivity index is 1.91. The molecule has 0 bridgehead atoms. The number of hydrogen-bond donors (Lipinski definition) is 2. The molecule has 6 nitrogen and oxygen atoms in total. The number of carboxylic acids is 1. The number of ether oxygens (including phenoxy) is 1. The SMILES string of the molecule is COc1ccc2nc(Nc3ccnc(C(=O)O)c3)sc2c1. The lowest BCUT2D eigenvalue weighted by Gasteiger charge is -2.02. The number of nitrogens with zero attached hydrogens (tertiary/aromatic N) is 2. The fourth-order valence-electron chi connectivity index (χ4n) is 1.83. The van der Waals surface area contributed by atoms with E-state index in [1.807, 2.05) is 18.2 Å². The third kappa shape index (κ3) is 2.77. The van der Waals surface area contributed by atoms with Gasteiger partial charge in [0.15, 0.2) is 5.13 Å². The summed E-state index contributed by atoms with van der Waals surface area (Å²) in [6.07, 6.45) is 1.45. The standard InChI is InChI=1S/C14H11N3O3S/c1-20-9-2-3-10-12(7-9)21-14(17-10)16-8-4-5-15-11(6-8)13(18)19/h2-7H,1H3,(H,18,19)(H,15,16,17). The number of aromatic carboxylic acids is 1. The van der Waals surface area contributed by atoms with E-state index in [2.05, 4.69) is 15.3 Å². The Morgan fingerprint density at radius 2 is 2.19 bits per heavy atom. The molecule has 0 aliphatic heterocycles. The number of carboxylic acid groups (broad SMARTS) is 1. The van der Waals surface area contributed by atoms with Crippen molar-refractivity contribution < 1.29 is 14.6 Å². The van der Waals surface area contributed by atoms with Gasteiger partial charge in [-0.3, -0.25) is 0 Å². The smallest absolute Gasteiger partial charge is 0.354 e. The van der Waals surface area contributed by atoms with Crippen LogP contribution in [-0.2, 0) is 0 Å². The Bertz CT molecular complexity index is 816. The van der Waals surface area contributed by atoms with Crippen LogP contribution in [0.5, 0.6) is 5.75 Å². The number of rotatable bonds is 4. The van der Waals surface area contributed by atoms with E-state index in [0.29, 0.717) is 10.8 Å². The second kappa shape index (κ2) is 5.37. The molecule has 106 valence electrons. The quantitative estimate of drug-likeness (QED) is 0.770. The van der Waals surface area contributed by atoms with Crippen molar-refractivity contribution in [1.82, 2.24) is 9.97 Å². The summed E-state index contributed by atoms with van der Waals surface area (Å²) < 4.78 is 6.17. The van der Waals surface area contributed by atoms with Gasteiger partial charge in [-0.1, -0.05) is 11.3 Å². The number of hydrogen-bond acceptors (Lipinski definition) is 6.